The predicted octanol–water partition coefficient (Wildman–Crippen LogP) is 1.15. The Morgan fingerprint density at radius 3 is 2.79 bits per heavy atom. The lowest BCUT2D eigenvalue weighted by atomic mass is 10.4. The molecule has 3 rings (SSSR count). The number of hydrogen-bond donors (Lipinski definition) is 0. The molecule has 1 fully saturated rings. The number of aromatic nitrogens is 5. The van der Waals surface area contributed by atoms with Crippen molar-refractivity contribution in [1.29, 1.82) is 0 Å². The number of aryl methyl sites for hydroxylation is 1. The molecular weight excluding hydrogens is 248 g/mol. The highest BCUT2D eigenvalue weighted by Gasteiger charge is 2.29. The monoisotopic (exact) mass is 262 g/mol. The summed E-state index contributed by atoms with van der Waals surface area (Å²) in [5.41, 5.74) is 0.444. The van der Waals surface area contributed by atoms with Crippen molar-refractivity contribution in [1.82, 2.24) is 24.5 Å². The third-order valence-corrected chi connectivity index (χ3v) is 3.36. The summed E-state index contributed by atoms with van der Waals surface area (Å²) in [6, 6.07) is 0. The normalized spacial score (nSPS) is 14.8. The topological polar surface area (TPSA) is 91.7 Å². The molecule has 0 radical (unpaired) electrons. The number of hydrogen-bond acceptors (Lipinski definition) is 5. The van der Waals surface area contributed by atoms with Crippen LogP contribution in [-0.4, -0.2) is 29.5 Å². The maximum atomic E-state index is 10.8. The van der Waals surface area contributed by atoms with Crippen LogP contribution in [0.3, 0.4) is 0 Å². The Kier molecular flexibility index (Phi) is 2.58. The van der Waals surface area contributed by atoms with Crippen molar-refractivity contribution in [2.75, 3.05) is 0 Å². The molecular formula is C11H14N6O2. The highest BCUT2D eigenvalue weighted by molar-refractivity contribution is 5.31. The maximum absolute atomic E-state index is 10.8. The van der Waals surface area contributed by atoms with Gasteiger partial charge in [0, 0.05) is 13.0 Å². The first-order valence-electron chi connectivity index (χ1n) is 6.13. The van der Waals surface area contributed by atoms with Crippen LogP contribution in [0.1, 0.15) is 36.1 Å². The summed E-state index contributed by atoms with van der Waals surface area (Å²) in [5, 5.41) is 23.2. The smallest absolute Gasteiger partial charge is 0.309 e. The van der Waals surface area contributed by atoms with Crippen molar-refractivity contribution in [2.24, 2.45) is 7.05 Å². The highest BCUT2D eigenvalue weighted by Crippen LogP contribution is 2.38. The molecule has 100 valence electrons. The van der Waals surface area contributed by atoms with Gasteiger partial charge in [0.1, 0.15) is 24.3 Å². The van der Waals surface area contributed by atoms with Gasteiger partial charge in [-0.3, -0.25) is 14.8 Å². The second kappa shape index (κ2) is 4.15. The van der Waals surface area contributed by atoms with Gasteiger partial charge in [-0.05, 0) is 19.8 Å². The summed E-state index contributed by atoms with van der Waals surface area (Å²) in [6.07, 6.45) is 3.76. The molecule has 0 atom stereocenters. The maximum Gasteiger partial charge on any atom is 0.309 e. The first-order valence-corrected chi connectivity index (χ1v) is 6.13. The fraction of sp³-hybridized carbons (Fsp3) is 0.545. The van der Waals surface area contributed by atoms with Crippen molar-refractivity contribution in [3.63, 3.8) is 0 Å². The van der Waals surface area contributed by atoms with Gasteiger partial charge in [-0.2, -0.15) is 5.10 Å². The summed E-state index contributed by atoms with van der Waals surface area (Å²) >= 11 is 0. The minimum absolute atomic E-state index is 0.0320. The van der Waals surface area contributed by atoms with Crippen LogP contribution in [0.5, 0.6) is 0 Å². The largest absolute Gasteiger partial charge is 0.316 e. The van der Waals surface area contributed by atoms with E-state index in [-0.39, 0.29) is 5.69 Å². The van der Waals surface area contributed by atoms with Crippen LogP contribution in [0.2, 0.25) is 0 Å². The Hall–Kier alpha value is -2.25. The standard InChI is InChI=1S/C11H14N6O2/c1-7-9(17(18)19)5-16(14-7)6-10-12-13-11(15(10)2)8-3-4-8/h5,8H,3-4,6H2,1-2H3. The first-order chi connectivity index (χ1) is 9.06. The zero-order chi connectivity index (χ0) is 13.6. The average molecular weight is 262 g/mol. The number of nitrogens with zero attached hydrogens (tertiary/aromatic N) is 6. The summed E-state index contributed by atoms with van der Waals surface area (Å²) < 4.78 is 3.49. The average Bonchev–Trinajstić information content (AvgIpc) is 3.03. The van der Waals surface area contributed by atoms with Gasteiger partial charge in [0.05, 0.1) is 4.92 Å². The van der Waals surface area contributed by atoms with E-state index in [1.807, 2.05) is 11.6 Å². The summed E-state index contributed by atoms with van der Waals surface area (Å²) in [6.45, 7) is 2.02. The molecule has 0 unspecified atom stereocenters. The Morgan fingerprint density at radius 2 is 2.21 bits per heavy atom. The molecule has 0 aliphatic heterocycles. The van der Waals surface area contributed by atoms with Gasteiger partial charge >= 0.3 is 5.69 Å². The molecule has 2 heterocycles. The second-order valence-electron chi connectivity index (χ2n) is 4.86. The van der Waals surface area contributed by atoms with Crippen molar-refractivity contribution in [2.45, 2.75) is 32.2 Å². The van der Waals surface area contributed by atoms with Gasteiger partial charge in [0.25, 0.3) is 0 Å². The fourth-order valence-corrected chi connectivity index (χ4v) is 2.12. The van der Waals surface area contributed by atoms with E-state index in [1.165, 1.54) is 23.7 Å². The SMILES string of the molecule is Cc1nn(Cc2nnc(C3CC3)n2C)cc1[N+](=O)[O-]. The van der Waals surface area contributed by atoms with Crippen LogP contribution >= 0.6 is 0 Å². The molecule has 1 aliphatic rings. The molecule has 0 bridgehead atoms. The van der Waals surface area contributed by atoms with Crippen LogP contribution in [0.4, 0.5) is 5.69 Å². The third-order valence-electron chi connectivity index (χ3n) is 3.36. The van der Waals surface area contributed by atoms with Crippen LogP contribution in [0.25, 0.3) is 0 Å². The Balaban J connectivity index is 1.85. The molecule has 8 nitrogen and oxygen atoms in total. The van der Waals surface area contributed by atoms with Crippen LogP contribution in [0, 0.1) is 17.0 Å². The molecule has 0 spiro atoms. The van der Waals surface area contributed by atoms with Gasteiger partial charge in [0.2, 0.25) is 0 Å². The molecule has 2 aromatic heterocycles. The quantitative estimate of drug-likeness (QED) is 0.609. The molecule has 8 heteroatoms. The van der Waals surface area contributed by atoms with E-state index in [2.05, 4.69) is 15.3 Å². The van der Waals surface area contributed by atoms with E-state index in [0.717, 1.165) is 11.6 Å². The summed E-state index contributed by atoms with van der Waals surface area (Å²) in [4.78, 5) is 10.3. The highest BCUT2D eigenvalue weighted by atomic mass is 16.6. The lowest BCUT2D eigenvalue weighted by molar-refractivity contribution is -0.385. The van der Waals surface area contributed by atoms with Crippen LogP contribution in [0.15, 0.2) is 6.20 Å². The minimum atomic E-state index is -0.425. The Bertz CT molecular complexity index is 640. The Morgan fingerprint density at radius 1 is 1.47 bits per heavy atom. The zero-order valence-corrected chi connectivity index (χ0v) is 10.8. The van der Waals surface area contributed by atoms with E-state index in [1.54, 1.807) is 6.92 Å². The van der Waals surface area contributed by atoms with Gasteiger partial charge < -0.3 is 4.57 Å². The molecule has 19 heavy (non-hydrogen) atoms. The summed E-state index contributed by atoms with van der Waals surface area (Å²) in [5.74, 6) is 2.28. The lowest BCUT2D eigenvalue weighted by Gasteiger charge is -2.02. The van der Waals surface area contributed by atoms with Gasteiger partial charge in [-0.15, -0.1) is 10.2 Å². The van der Waals surface area contributed by atoms with E-state index >= 15 is 0 Å². The number of nitro groups is 1. The minimum Gasteiger partial charge on any atom is -0.316 e. The lowest BCUT2D eigenvalue weighted by Crippen LogP contribution is -2.08. The fourth-order valence-electron chi connectivity index (χ4n) is 2.12. The zero-order valence-electron chi connectivity index (χ0n) is 10.8. The predicted molar refractivity (Wildman–Crippen MR) is 65.7 cm³/mol. The van der Waals surface area contributed by atoms with E-state index in [9.17, 15) is 10.1 Å². The molecule has 1 saturated carbocycles. The Labute approximate surface area is 109 Å². The van der Waals surface area contributed by atoms with Crippen molar-refractivity contribution >= 4 is 5.69 Å². The van der Waals surface area contributed by atoms with Crippen LogP contribution < -0.4 is 0 Å². The van der Waals surface area contributed by atoms with E-state index in [0.29, 0.717) is 18.2 Å². The molecule has 0 N–H and O–H groups in total. The molecule has 0 amide bonds. The first kappa shape index (κ1) is 11.8. The van der Waals surface area contributed by atoms with E-state index in [4.69, 9.17) is 0 Å². The summed E-state index contributed by atoms with van der Waals surface area (Å²) in [7, 11) is 1.92. The van der Waals surface area contributed by atoms with Gasteiger partial charge in [-0.1, -0.05) is 0 Å². The molecule has 0 aromatic carbocycles. The number of rotatable bonds is 4. The van der Waals surface area contributed by atoms with Crippen LogP contribution in [-0.2, 0) is 13.6 Å². The molecule has 2 aromatic rings. The van der Waals surface area contributed by atoms with Crippen molar-refractivity contribution in [3.8, 4) is 0 Å². The molecule has 0 saturated heterocycles. The second-order valence-corrected chi connectivity index (χ2v) is 4.86. The van der Waals surface area contributed by atoms with Gasteiger partial charge in [-0.25, -0.2) is 0 Å². The van der Waals surface area contributed by atoms with E-state index < -0.39 is 4.92 Å². The van der Waals surface area contributed by atoms with Crippen molar-refractivity contribution < 1.29 is 4.92 Å². The third kappa shape index (κ3) is 2.09. The molecule has 1 aliphatic carbocycles. The van der Waals surface area contributed by atoms with Gasteiger partial charge in [0.15, 0.2) is 5.82 Å². The van der Waals surface area contributed by atoms with Crippen molar-refractivity contribution in [3.05, 3.63) is 33.7 Å².